The molecule has 0 aliphatic carbocycles. The summed E-state index contributed by atoms with van der Waals surface area (Å²) >= 11 is 0. The van der Waals surface area contributed by atoms with E-state index in [4.69, 9.17) is 10.2 Å². The van der Waals surface area contributed by atoms with Crippen LogP contribution < -0.4 is 10.6 Å². The quantitative estimate of drug-likeness (QED) is 0.161. The van der Waals surface area contributed by atoms with Crippen molar-refractivity contribution in [2.45, 2.75) is 89.9 Å². The number of aliphatic carboxylic acids is 2. The normalized spacial score (nSPS) is 10.2. The van der Waals surface area contributed by atoms with Gasteiger partial charge >= 0.3 is 11.9 Å². The maximum atomic E-state index is 11.8. The van der Waals surface area contributed by atoms with Crippen LogP contribution in [0.4, 0.5) is 0 Å². The third-order valence-corrected chi connectivity index (χ3v) is 6.05. The molecule has 0 aliphatic rings. The second-order valence-corrected chi connectivity index (χ2v) is 9.53. The van der Waals surface area contributed by atoms with Gasteiger partial charge in [0, 0.05) is 50.7 Å². The van der Waals surface area contributed by atoms with Gasteiger partial charge in [0.1, 0.15) is 0 Å². The number of carboxylic acid groups (broad SMARTS) is 2. The van der Waals surface area contributed by atoms with Gasteiger partial charge in [-0.3, -0.25) is 29.1 Å². The van der Waals surface area contributed by atoms with Crippen molar-refractivity contribution in [3.05, 3.63) is 60.2 Å². The highest BCUT2D eigenvalue weighted by molar-refractivity contribution is 5.94. The van der Waals surface area contributed by atoms with Gasteiger partial charge in [0.05, 0.1) is 11.1 Å². The lowest BCUT2D eigenvalue weighted by Crippen LogP contribution is -2.25. The molecule has 0 aliphatic heterocycles. The monoisotopic (exact) mass is 556 g/mol. The molecule has 0 aromatic carbocycles. The fourth-order valence-corrected chi connectivity index (χ4v) is 3.82. The number of unbranched alkanes of at least 4 members (excludes halogenated alkanes) is 10. The van der Waals surface area contributed by atoms with Crippen molar-refractivity contribution >= 4 is 23.8 Å². The van der Waals surface area contributed by atoms with Crippen LogP contribution in [0.1, 0.15) is 111 Å². The van der Waals surface area contributed by atoms with E-state index in [0.717, 1.165) is 77.0 Å². The molecule has 0 bridgehead atoms. The van der Waals surface area contributed by atoms with Gasteiger partial charge in [-0.15, -0.1) is 0 Å². The van der Waals surface area contributed by atoms with E-state index in [0.29, 0.717) is 24.2 Å². The summed E-state index contributed by atoms with van der Waals surface area (Å²) in [4.78, 5) is 51.8. The van der Waals surface area contributed by atoms with Crippen molar-refractivity contribution in [1.29, 1.82) is 0 Å². The molecule has 10 heteroatoms. The lowest BCUT2D eigenvalue weighted by molar-refractivity contribution is -0.138. The van der Waals surface area contributed by atoms with Gasteiger partial charge in [-0.1, -0.05) is 51.4 Å². The van der Waals surface area contributed by atoms with Crippen LogP contribution in [-0.4, -0.2) is 57.0 Å². The van der Waals surface area contributed by atoms with Crippen molar-refractivity contribution in [2.75, 3.05) is 13.1 Å². The van der Waals surface area contributed by atoms with Crippen LogP contribution >= 0.6 is 0 Å². The van der Waals surface area contributed by atoms with Crippen molar-refractivity contribution in [3.8, 4) is 0 Å². The van der Waals surface area contributed by atoms with E-state index < -0.39 is 11.9 Å². The number of hydrogen-bond acceptors (Lipinski definition) is 6. The fraction of sp³-hybridized carbons (Fsp3) is 0.533. The first-order valence-electron chi connectivity index (χ1n) is 14.2. The number of amides is 2. The summed E-state index contributed by atoms with van der Waals surface area (Å²) in [5, 5.41) is 22.6. The van der Waals surface area contributed by atoms with Crippen molar-refractivity contribution in [3.63, 3.8) is 0 Å². The van der Waals surface area contributed by atoms with Gasteiger partial charge in [-0.2, -0.15) is 0 Å². The maximum Gasteiger partial charge on any atom is 0.303 e. The Hall–Kier alpha value is -3.82. The van der Waals surface area contributed by atoms with E-state index in [1.807, 2.05) is 0 Å². The summed E-state index contributed by atoms with van der Waals surface area (Å²) in [6.45, 7) is 1.30. The second kappa shape index (κ2) is 23.1. The molecule has 0 unspecified atom stereocenters. The lowest BCUT2D eigenvalue weighted by atomic mass is 10.1. The topological polar surface area (TPSA) is 159 Å². The predicted molar refractivity (Wildman–Crippen MR) is 153 cm³/mol. The summed E-state index contributed by atoms with van der Waals surface area (Å²) in [5.41, 5.74) is 1.16. The molecule has 0 atom stereocenters. The summed E-state index contributed by atoms with van der Waals surface area (Å²) in [6.07, 6.45) is 18.8. The Bertz CT molecular complexity index is 893. The van der Waals surface area contributed by atoms with Gasteiger partial charge < -0.3 is 20.8 Å². The molecule has 0 radical (unpaired) electrons. The van der Waals surface area contributed by atoms with Crippen molar-refractivity contribution in [2.24, 2.45) is 0 Å². The van der Waals surface area contributed by atoms with Crippen LogP contribution in [0, 0.1) is 0 Å². The summed E-state index contributed by atoms with van der Waals surface area (Å²) in [6, 6.07) is 6.98. The number of hydrogen-bond donors (Lipinski definition) is 4. The summed E-state index contributed by atoms with van der Waals surface area (Å²) in [5.74, 6) is -1.61. The second-order valence-electron chi connectivity index (χ2n) is 9.53. The molecular formula is C30H44N4O6. The van der Waals surface area contributed by atoms with E-state index in [9.17, 15) is 19.2 Å². The number of carbonyl (C=O) groups excluding carboxylic acids is 2. The number of nitrogens with one attached hydrogen (secondary N) is 2. The molecule has 40 heavy (non-hydrogen) atoms. The third-order valence-electron chi connectivity index (χ3n) is 6.05. The van der Waals surface area contributed by atoms with Crippen LogP contribution in [0.3, 0.4) is 0 Å². The Balaban J connectivity index is 0.000000437. The molecule has 2 heterocycles. The van der Waals surface area contributed by atoms with E-state index in [1.54, 1.807) is 49.1 Å². The largest absolute Gasteiger partial charge is 0.481 e. The van der Waals surface area contributed by atoms with Gasteiger partial charge in [0.15, 0.2) is 0 Å². The zero-order chi connectivity index (χ0) is 29.3. The Kier molecular flexibility index (Phi) is 19.8. The summed E-state index contributed by atoms with van der Waals surface area (Å²) in [7, 11) is 0. The first-order valence-corrected chi connectivity index (χ1v) is 14.2. The molecule has 0 spiro atoms. The minimum atomic E-state index is -0.714. The molecule has 220 valence electrons. The van der Waals surface area contributed by atoms with Crippen LogP contribution in [0.25, 0.3) is 0 Å². The van der Waals surface area contributed by atoms with Crippen molar-refractivity contribution in [1.82, 2.24) is 20.6 Å². The van der Waals surface area contributed by atoms with Crippen LogP contribution in [0.5, 0.6) is 0 Å². The SMILES string of the molecule is O=C(NCCCCCCNC(=O)c1cccnc1)c1cccnc1.O=C(O)CCCCCCCCCCC(=O)O. The number of pyridine rings is 2. The number of nitrogens with zero attached hydrogens (tertiary/aromatic N) is 2. The molecule has 4 N–H and O–H groups in total. The van der Waals surface area contributed by atoms with Gasteiger partial charge in [0.25, 0.3) is 11.8 Å². The highest BCUT2D eigenvalue weighted by Crippen LogP contribution is 2.10. The maximum absolute atomic E-state index is 11.8. The zero-order valence-electron chi connectivity index (χ0n) is 23.4. The molecular weight excluding hydrogens is 512 g/mol. The average Bonchev–Trinajstić information content (AvgIpc) is 2.96. The standard InChI is InChI=1S/C18H22N4O2.C12H22O4/c23-17(15-7-5-9-19-13-15)21-11-3-1-2-4-12-22-18(24)16-8-6-10-20-14-16;13-11(14)9-7-5-3-1-2-4-6-8-10-12(15)16/h5-10,13-14H,1-4,11-12H2,(H,21,23)(H,22,24);1-10H2,(H,13,14)(H,15,16). The minimum absolute atomic E-state index is 0.0909. The van der Waals surface area contributed by atoms with Gasteiger partial charge in [0.2, 0.25) is 0 Å². The molecule has 2 amide bonds. The van der Waals surface area contributed by atoms with Crippen LogP contribution in [-0.2, 0) is 9.59 Å². The average molecular weight is 557 g/mol. The number of rotatable bonds is 20. The first kappa shape index (κ1) is 34.2. The smallest absolute Gasteiger partial charge is 0.303 e. The Labute approximate surface area is 237 Å². The summed E-state index contributed by atoms with van der Waals surface area (Å²) < 4.78 is 0. The third kappa shape index (κ3) is 19.3. The van der Waals surface area contributed by atoms with Gasteiger partial charge in [-0.05, 0) is 49.9 Å². The lowest BCUT2D eigenvalue weighted by Gasteiger charge is -2.06. The zero-order valence-corrected chi connectivity index (χ0v) is 23.4. The Morgan fingerprint density at radius 3 is 1.23 bits per heavy atom. The van der Waals surface area contributed by atoms with E-state index in [1.165, 1.54) is 0 Å². The number of carboxylic acids is 2. The molecule has 10 nitrogen and oxygen atoms in total. The molecule has 0 saturated heterocycles. The Morgan fingerprint density at radius 2 is 0.900 bits per heavy atom. The van der Waals surface area contributed by atoms with Crippen LogP contribution in [0.2, 0.25) is 0 Å². The molecule has 2 aromatic rings. The van der Waals surface area contributed by atoms with Gasteiger partial charge in [-0.25, -0.2) is 0 Å². The van der Waals surface area contributed by atoms with E-state index in [2.05, 4.69) is 20.6 Å². The van der Waals surface area contributed by atoms with E-state index in [-0.39, 0.29) is 24.7 Å². The fourth-order valence-electron chi connectivity index (χ4n) is 3.82. The molecule has 2 rings (SSSR count). The predicted octanol–water partition coefficient (Wildman–Crippen LogP) is 5.25. The minimum Gasteiger partial charge on any atom is -0.481 e. The Morgan fingerprint density at radius 1 is 0.550 bits per heavy atom. The number of aromatic nitrogens is 2. The van der Waals surface area contributed by atoms with Crippen LogP contribution in [0.15, 0.2) is 49.1 Å². The van der Waals surface area contributed by atoms with Crippen molar-refractivity contribution < 1.29 is 29.4 Å². The number of carbonyl (C=O) groups is 4. The molecule has 0 fully saturated rings. The highest BCUT2D eigenvalue weighted by atomic mass is 16.4. The molecule has 0 saturated carbocycles. The first-order chi connectivity index (χ1) is 19.4. The van der Waals surface area contributed by atoms with E-state index >= 15 is 0 Å². The molecule has 2 aromatic heterocycles. The highest BCUT2D eigenvalue weighted by Gasteiger charge is 2.05.